The Bertz CT molecular complexity index is 442. The van der Waals surface area contributed by atoms with Crippen molar-refractivity contribution in [2.45, 2.75) is 19.8 Å². The van der Waals surface area contributed by atoms with Crippen molar-refractivity contribution < 1.29 is 4.79 Å². The Morgan fingerprint density at radius 1 is 1.11 bits per heavy atom. The molecule has 0 unspecified atom stereocenters. The van der Waals surface area contributed by atoms with E-state index in [0.29, 0.717) is 0 Å². The fourth-order valence-corrected chi connectivity index (χ4v) is 2.76. The van der Waals surface area contributed by atoms with Gasteiger partial charge in [-0.15, -0.1) is 0 Å². The molecule has 0 bridgehead atoms. The standard InChI is InChI=1S/C16H22N2O/c1-13(19)15-4-6-16(7-5-15)18-10-8-17(9-11-18)12-14-2-3-14/h4-7,14H,2-3,8-12H2,1H3. The third kappa shape index (κ3) is 3.16. The molecule has 1 saturated carbocycles. The highest BCUT2D eigenvalue weighted by molar-refractivity contribution is 5.94. The highest BCUT2D eigenvalue weighted by atomic mass is 16.1. The molecule has 0 atom stereocenters. The number of carbonyl (C=O) groups excluding carboxylic acids is 1. The van der Waals surface area contributed by atoms with Crippen LogP contribution in [0, 0.1) is 5.92 Å². The number of Topliss-reactive ketones (excluding diaryl/α,β-unsaturated/α-hetero) is 1. The van der Waals surface area contributed by atoms with E-state index in [-0.39, 0.29) is 5.78 Å². The molecule has 2 aliphatic rings. The average molecular weight is 258 g/mol. The summed E-state index contributed by atoms with van der Waals surface area (Å²) in [6, 6.07) is 8.03. The number of rotatable bonds is 4. The fourth-order valence-electron chi connectivity index (χ4n) is 2.76. The van der Waals surface area contributed by atoms with Gasteiger partial charge in [0.1, 0.15) is 0 Å². The summed E-state index contributed by atoms with van der Waals surface area (Å²) in [5.41, 5.74) is 2.05. The first kappa shape index (κ1) is 12.7. The Morgan fingerprint density at radius 2 is 1.74 bits per heavy atom. The van der Waals surface area contributed by atoms with E-state index in [1.54, 1.807) is 6.92 Å². The first-order chi connectivity index (χ1) is 9.22. The van der Waals surface area contributed by atoms with Crippen molar-refractivity contribution in [3.63, 3.8) is 0 Å². The Labute approximate surface area is 115 Å². The summed E-state index contributed by atoms with van der Waals surface area (Å²) in [5, 5.41) is 0. The van der Waals surface area contributed by atoms with Gasteiger partial charge in [-0.2, -0.15) is 0 Å². The molecule has 2 fully saturated rings. The van der Waals surface area contributed by atoms with E-state index in [1.807, 2.05) is 12.1 Å². The number of benzene rings is 1. The molecule has 3 nitrogen and oxygen atoms in total. The van der Waals surface area contributed by atoms with Crippen LogP contribution in [0.1, 0.15) is 30.1 Å². The van der Waals surface area contributed by atoms with Gasteiger partial charge >= 0.3 is 0 Å². The van der Waals surface area contributed by atoms with Crippen molar-refractivity contribution in [3.8, 4) is 0 Å². The van der Waals surface area contributed by atoms with E-state index in [0.717, 1.165) is 24.6 Å². The first-order valence-electron chi connectivity index (χ1n) is 7.30. The van der Waals surface area contributed by atoms with Crippen molar-refractivity contribution in [1.29, 1.82) is 0 Å². The second-order valence-electron chi connectivity index (χ2n) is 5.83. The van der Waals surface area contributed by atoms with Crippen LogP contribution in [0.15, 0.2) is 24.3 Å². The van der Waals surface area contributed by atoms with E-state index < -0.39 is 0 Å². The number of carbonyl (C=O) groups is 1. The second-order valence-corrected chi connectivity index (χ2v) is 5.83. The molecule has 0 radical (unpaired) electrons. The van der Waals surface area contributed by atoms with Crippen LogP contribution in [0.2, 0.25) is 0 Å². The third-order valence-electron chi connectivity index (χ3n) is 4.22. The molecule has 3 rings (SSSR count). The zero-order valence-corrected chi connectivity index (χ0v) is 11.6. The number of ketones is 1. The maximum atomic E-state index is 11.3. The molecule has 1 aliphatic carbocycles. The molecule has 1 aromatic carbocycles. The van der Waals surface area contributed by atoms with Gasteiger partial charge in [0.05, 0.1) is 0 Å². The second kappa shape index (κ2) is 5.33. The van der Waals surface area contributed by atoms with Gasteiger partial charge in [-0.05, 0) is 49.9 Å². The van der Waals surface area contributed by atoms with Crippen molar-refractivity contribution >= 4 is 11.5 Å². The van der Waals surface area contributed by atoms with Crippen molar-refractivity contribution in [3.05, 3.63) is 29.8 Å². The van der Waals surface area contributed by atoms with Crippen LogP contribution in [0.5, 0.6) is 0 Å². The molecule has 1 aliphatic heterocycles. The topological polar surface area (TPSA) is 23.6 Å². The van der Waals surface area contributed by atoms with Gasteiger partial charge < -0.3 is 4.90 Å². The average Bonchev–Trinajstić information content (AvgIpc) is 3.24. The summed E-state index contributed by atoms with van der Waals surface area (Å²) in [6.45, 7) is 7.47. The molecular weight excluding hydrogens is 236 g/mol. The molecule has 1 heterocycles. The highest BCUT2D eigenvalue weighted by Gasteiger charge is 2.26. The van der Waals surface area contributed by atoms with Crippen molar-refractivity contribution in [2.75, 3.05) is 37.6 Å². The Morgan fingerprint density at radius 3 is 2.26 bits per heavy atom. The van der Waals surface area contributed by atoms with E-state index in [2.05, 4.69) is 21.9 Å². The van der Waals surface area contributed by atoms with E-state index in [9.17, 15) is 4.79 Å². The van der Waals surface area contributed by atoms with Crippen LogP contribution in [0.25, 0.3) is 0 Å². The number of hydrogen-bond acceptors (Lipinski definition) is 3. The van der Waals surface area contributed by atoms with E-state index in [1.165, 1.54) is 38.2 Å². The third-order valence-corrected chi connectivity index (χ3v) is 4.22. The SMILES string of the molecule is CC(=O)c1ccc(N2CCN(CC3CC3)CC2)cc1. The van der Waals surface area contributed by atoms with Crippen LogP contribution in [0.3, 0.4) is 0 Å². The van der Waals surface area contributed by atoms with Crippen LogP contribution in [-0.4, -0.2) is 43.4 Å². The maximum absolute atomic E-state index is 11.3. The molecule has 3 heteroatoms. The van der Waals surface area contributed by atoms with Crippen LogP contribution in [-0.2, 0) is 0 Å². The van der Waals surface area contributed by atoms with Crippen molar-refractivity contribution in [2.24, 2.45) is 5.92 Å². The van der Waals surface area contributed by atoms with Gasteiger partial charge in [0, 0.05) is 44.0 Å². The number of nitrogens with zero attached hydrogens (tertiary/aromatic N) is 2. The molecule has 102 valence electrons. The van der Waals surface area contributed by atoms with Gasteiger partial charge in [-0.25, -0.2) is 0 Å². The van der Waals surface area contributed by atoms with Gasteiger partial charge in [0.15, 0.2) is 5.78 Å². The predicted octanol–water partition coefficient (Wildman–Crippen LogP) is 2.42. The summed E-state index contributed by atoms with van der Waals surface area (Å²) in [4.78, 5) is 16.3. The first-order valence-corrected chi connectivity index (χ1v) is 7.30. The smallest absolute Gasteiger partial charge is 0.159 e. The number of piperazine rings is 1. The number of hydrogen-bond donors (Lipinski definition) is 0. The lowest BCUT2D eigenvalue weighted by Crippen LogP contribution is -2.47. The monoisotopic (exact) mass is 258 g/mol. The molecule has 1 aromatic rings. The molecule has 0 spiro atoms. The molecular formula is C16H22N2O. The summed E-state index contributed by atoms with van der Waals surface area (Å²) in [7, 11) is 0. The Hall–Kier alpha value is -1.35. The lowest BCUT2D eigenvalue weighted by Gasteiger charge is -2.36. The van der Waals surface area contributed by atoms with Crippen LogP contribution in [0.4, 0.5) is 5.69 Å². The molecule has 0 amide bonds. The Balaban J connectivity index is 1.56. The van der Waals surface area contributed by atoms with Crippen LogP contribution < -0.4 is 4.90 Å². The highest BCUT2D eigenvalue weighted by Crippen LogP contribution is 2.30. The summed E-state index contributed by atoms with van der Waals surface area (Å²) in [5.74, 6) is 1.13. The minimum Gasteiger partial charge on any atom is -0.369 e. The van der Waals surface area contributed by atoms with E-state index >= 15 is 0 Å². The lowest BCUT2D eigenvalue weighted by molar-refractivity contribution is 0.101. The van der Waals surface area contributed by atoms with Gasteiger partial charge in [0.2, 0.25) is 0 Å². The minimum atomic E-state index is 0.140. The largest absolute Gasteiger partial charge is 0.369 e. The quantitative estimate of drug-likeness (QED) is 0.775. The van der Waals surface area contributed by atoms with Crippen LogP contribution >= 0.6 is 0 Å². The zero-order chi connectivity index (χ0) is 13.2. The molecule has 0 aromatic heterocycles. The molecule has 1 saturated heterocycles. The minimum absolute atomic E-state index is 0.140. The van der Waals surface area contributed by atoms with Crippen molar-refractivity contribution in [1.82, 2.24) is 4.90 Å². The normalized spacial score (nSPS) is 20.6. The Kier molecular flexibility index (Phi) is 3.56. The zero-order valence-electron chi connectivity index (χ0n) is 11.6. The fraction of sp³-hybridized carbons (Fsp3) is 0.562. The summed E-state index contributed by atoms with van der Waals surface area (Å²) in [6.07, 6.45) is 2.87. The van der Waals surface area contributed by atoms with Gasteiger partial charge in [-0.3, -0.25) is 9.69 Å². The molecule has 19 heavy (non-hydrogen) atoms. The summed E-state index contributed by atoms with van der Waals surface area (Å²) >= 11 is 0. The van der Waals surface area contributed by atoms with Gasteiger partial charge in [-0.1, -0.05) is 0 Å². The number of anilines is 1. The predicted molar refractivity (Wildman–Crippen MR) is 77.8 cm³/mol. The molecule has 0 N–H and O–H groups in total. The lowest BCUT2D eigenvalue weighted by atomic mass is 10.1. The summed E-state index contributed by atoms with van der Waals surface area (Å²) < 4.78 is 0. The van der Waals surface area contributed by atoms with E-state index in [4.69, 9.17) is 0 Å². The maximum Gasteiger partial charge on any atom is 0.159 e. The van der Waals surface area contributed by atoms with Gasteiger partial charge in [0.25, 0.3) is 0 Å².